The van der Waals surface area contributed by atoms with Crippen LogP contribution in [-0.4, -0.2) is 9.97 Å². The van der Waals surface area contributed by atoms with E-state index in [0.29, 0.717) is 5.75 Å². The molecule has 2 rings (SSSR count). The van der Waals surface area contributed by atoms with E-state index < -0.39 is 11.9 Å². The Balaban J connectivity index is 2.46. The molecule has 1 aromatic carbocycles. The molecule has 3 nitrogen and oxygen atoms in total. The minimum Gasteiger partial charge on any atom is -0.438 e. The average Bonchev–Trinajstić information content (AvgIpc) is 2.37. The Morgan fingerprint density at radius 2 is 1.95 bits per heavy atom. The van der Waals surface area contributed by atoms with Gasteiger partial charge in [-0.1, -0.05) is 24.4 Å². The molecule has 21 heavy (non-hydrogen) atoms. The van der Waals surface area contributed by atoms with Crippen LogP contribution in [0.15, 0.2) is 36.4 Å². The summed E-state index contributed by atoms with van der Waals surface area (Å²) in [7, 11) is 0. The number of alkyl halides is 3. The van der Waals surface area contributed by atoms with Crippen LogP contribution < -0.4 is 10.5 Å². The molecule has 0 saturated heterocycles. The van der Waals surface area contributed by atoms with Crippen molar-refractivity contribution in [2.45, 2.75) is 13.1 Å². The number of thiocarbonyl (C=S) groups is 1. The first-order valence-corrected chi connectivity index (χ1v) is 6.31. The molecule has 7 heteroatoms. The van der Waals surface area contributed by atoms with Crippen LogP contribution in [0.4, 0.5) is 13.2 Å². The van der Waals surface area contributed by atoms with Crippen LogP contribution in [-0.2, 0) is 6.18 Å². The first-order valence-electron chi connectivity index (χ1n) is 5.90. The largest absolute Gasteiger partial charge is 0.438 e. The number of aryl methyl sites for hydroxylation is 1. The fraction of sp³-hybridized carbons (Fsp3) is 0.143. The molecule has 0 fully saturated rings. The molecule has 110 valence electrons. The summed E-state index contributed by atoms with van der Waals surface area (Å²) in [6.45, 7) is 1.83. The molecular weight excluding hydrogens is 301 g/mol. The van der Waals surface area contributed by atoms with Crippen molar-refractivity contribution in [2.24, 2.45) is 5.73 Å². The molecule has 0 unspecified atom stereocenters. The number of halogens is 3. The van der Waals surface area contributed by atoms with E-state index in [4.69, 9.17) is 22.7 Å². The molecule has 0 spiro atoms. The lowest BCUT2D eigenvalue weighted by Crippen LogP contribution is -2.15. The summed E-state index contributed by atoms with van der Waals surface area (Å²) in [6, 6.07) is 8.81. The smallest absolute Gasteiger partial charge is 0.433 e. The van der Waals surface area contributed by atoms with Crippen LogP contribution in [0.3, 0.4) is 0 Å². The van der Waals surface area contributed by atoms with E-state index in [1.165, 1.54) is 0 Å². The van der Waals surface area contributed by atoms with Gasteiger partial charge in [0, 0.05) is 0 Å². The van der Waals surface area contributed by atoms with Gasteiger partial charge in [0.05, 0.1) is 5.56 Å². The maximum absolute atomic E-state index is 12.7. The third-order valence-electron chi connectivity index (χ3n) is 2.62. The number of hydrogen-bond acceptors (Lipinski definition) is 3. The number of ether oxygens (including phenoxy) is 1. The lowest BCUT2D eigenvalue weighted by Gasteiger charge is -2.12. The van der Waals surface area contributed by atoms with Crippen molar-refractivity contribution in [3.63, 3.8) is 0 Å². The maximum atomic E-state index is 12.7. The predicted molar refractivity (Wildman–Crippen MR) is 76.4 cm³/mol. The number of pyridine rings is 1. The molecule has 0 aliphatic heterocycles. The standard InChI is InChI=1S/C14H11F3N2OS/c1-8-3-2-4-9(7-8)20-13-10(12(18)21)5-6-11(19-13)14(15,16)17/h2-7H,1H3,(H2,18,21). The Kier molecular flexibility index (Phi) is 4.13. The Hall–Kier alpha value is -2.15. The SMILES string of the molecule is Cc1cccc(Oc2nc(C(F)(F)F)ccc2C(N)=S)c1. The number of aromatic nitrogens is 1. The highest BCUT2D eigenvalue weighted by atomic mass is 32.1. The summed E-state index contributed by atoms with van der Waals surface area (Å²) in [5.41, 5.74) is 5.47. The van der Waals surface area contributed by atoms with Gasteiger partial charge in [-0.2, -0.15) is 13.2 Å². The van der Waals surface area contributed by atoms with Crippen molar-refractivity contribution < 1.29 is 17.9 Å². The van der Waals surface area contributed by atoms with Crippen molar-refractivity contribution in [3.05, 3.63) is 53.2 Å². The molecule has 0 atom stereocenters. The monoisotopic (exact) mass is 312 g/mol. The molecule has 0 radical (unpaired) electrons. The zero-order valence-electron chi connectivity index (χ0n) is 10.9. The minimum absolute atomic E-state index is 0.0844. The highest BCUT2D eigenvalue weighted by molar-refractivity contribution is 7.80. The first kappa shape index (κ1) is 15.2. The number of rotatable bonds is 3. The Labute approximate surface area is 124 Å². The van der Waals surface area contributed by atoms with Crippen molar-refractivity contribution in [1.29, 1.82) is 0 Å². The number of nitrogens with zero attached hydrogens (tertiary/aromatic N) is 1. The van der Waals surface area contributed by atoms with Gasteiger partial charge in [0.1, 0.15) is 16.4 Å². The lowest BCUT2D eigenvalue weighted by atomic mass is 10.2. The third-order valence-corrected chi connectivity index (χ3v) is 2.84. The van der Waals surface area contributed by atoms with Crippen molar-refractivity contribution >= 4 is 17.2 Å². The van der Waals surface area contributed by atoms with E-state index in [9.17, 15) is 13.2 Å². The van der Waals surface area contributed by atoms with Crippen LogP contribution in [0.25, 0.3) is 0 Å². The molecule has 0 amide bonds. The minimum atomic E-state index is -4.57. The second-order valence-corrected chi connectivity index (χ2v) is 4.77. The summed E-state index contributed by atoms with van der Waals surface area (Å²) in [5.74, 6) is 0.0993. The van der Waals surface area contributed by atoms with Gasteiger partial charge in [-0.25, -0.2) is 4.98 Å². The van der Waals surface area contributed by atoms with E-state index in [1.807, 2.05) is 13.0 Å². The Morgan fingerprint density at radius 3 is 2.52 bits per heavy atom. The van der Waals surface area contributed by atoms with E-state index in [-0.39, 0.29) is 16.4 Å². The summed E-state index contributed by atoms with van der Waals surface area (Å²) < 4.78 is 43.6. The normalized spacial score (nSPS) is 11.2. The second kappa shape index (κ2) is 5.69. The van der Waals surface area contributed by atoms with Gasteiger partial charge in [0.2, 0.25) is 5.88 Å². The highest BCUT2D eigenvalue weighted by Gasteiger charge is 2.33. The summed E-state index contributed by atoms with van der Waals surface area (Å²) in [5, 5.41) is 0. The number of hydrogen-bond donors (Lipinski definition) is 1. The molecule has 0 bridgehead atoms. The molecule has 0 saturated carbocycles. The first-order chi connectivity index (χ1) is 9.77. The second-order valence-electron chi connectivity index (χ2n) is 4.33. The van der Waals surface area contributed by atoms with Crippen molar-refractivity contribution in [3.8, 4) is 11.6 Å². The molecule has 0 aliphatic rings. The summed E-state index contributed by atoms with van der Waals surface area (Å²) in [6.07, 6.45) is -4.57. The molecular formula is C14H11F3N2OS. The van der Waals surface area contributed by atoms with E-state index in [0.717, 1.165) is 17.7 Å². The lowest BCUT2D eigenvalue weighted by molar-refractivity contribution is -0.141. The summed E-state index contributed by atoms with van der Waals surface area (Å²) in [4.78, 5) is 3.39. The molecule has 1 aromatic heterocycles. The zero-order chi connectivity index (χ0) is 15.6. The van der Waals surface area contributed by atoms with Crippen molar-refractivity contribution in [2.75, 3.05) is 0 Å². The molecule has 2 aromatic rings. The number of nitrogens with two attached hydrogens (primary N) is 1. The maximum Gasteiger partial charge on any atom is 0.433 e. The van der Waals surface area contributed by atoms with Crippen LogP contribution in [0, 0.1) is 6.92 Å². The topological polar surface area (TPSA) is 48.1 Å². The summed E-state index contributed by atoms with van der Waals surface area (Å²) >= 11 is 4.80. The molecule has 1 heterocycles. The van der Waals surface area contributed by atoms with Gasteiger partial charge in [0.25, 0.3) is 0 Å². The van der Waals surface area contributed by atoms with Gasteiger partial charge in [0.15, 0.2) is 0 Å². The average molecular weight is 312 g/mol. The van der Waals surface area contributed by atoms with Gasteiger partial charge in [-0.15, -0.1) is 0 Å². The quantitative estimate of drug-likeness (QED) is 0.875. The molecule has 2 N–H and O–H groups in total. The Morgan fingerprint density at radius 1 is 1.24 bits per heavy atom. The van der Waals surface area contributed by atoms with E-state index >= 15 is 0 Å². The van der Waals surface area contributed by atoms with Crippen molar-refractivity contribution in [1.82, 2.24) is 4.98 Å². The fourth-order valence-electron chi connectivity index (χ4n) is 1.65. The van der Waals surface area contributed by atoms with Gasteiger partial charge in [-0.3, -0.25) is 0 Å². The highest BCUT2D eigenvalue weighted by Crippen LogP contribution is 2.32. The predicted octanol–water partition coefficient (Wildman–Crippen LogP) is 3.84. The van der Waals surface area contributed by atoms with Crippen LogP contribution in [0.2, 0.25) is 0 Å². The van der Waals surface area contributed by atoms with Crippen LogP contribution in [0.1, 0.15) is 16.8 Å². The third kappa shape index (κ3) is 3.69. The van der Waals surface area contributed by atoms with E-state index in [2.05, 4.69) is 4.98 Å². The van der Waals surface area contributed by atoms with Crippen LogP contribution >= 0.6 is 12.2 Å². The van der Waals surface area contributed by atoms with E-state index in [1.54, 1.807) is 18.2 Å². The zero-order valence-corrected chi connectivity index (χ0v) is 11.8. The Bertz CT molecular complexity index is 686. The molecule has 0 aliphatic carbocycles. The number of benzene rings is 1. The van der Waals surface area contributed by atoms with Crippen LogP contribution in [0.5, 0.6) is 11.6 Å². The van der Waals surface area contributed by atoms with Gasteiger partial charge in [-0.05, 0) is 36.8 Å². The van der Waals surface area contributed by atoms with Gasteiger partial charge < -0.3 is 10.5 Å². The fourth-order valence-corrected chi connectivity index (χ4v) is 1.81. The van der Waals surface area contributed by atoms with Gasteiger partial charge >= 0.3 is 6.18 Å².